The molecule has 1 aromatic rings. The molecule has 0 aliphatic carbocycles. The monoisotopic (exact) mass is 256 g/mol. The third-order valence-electron chi connectivity index (χ3n) is 2.65. The number of hydrogen-bond donors (Lipinski definition) is 2. The topological polar surface area (TPSA) is 94.3 Å². The van der Waals surface area contributed by atoms with E-state index in [1.807, 2.05) is 12.1 Å². The van der Waals surface area contributed by atoms with E-state index in [9.17, 15) is 9.59 Å². The number of nitrogens with zero attached hydrogens (tertiary/aromatic N) is 2. The van der Waals surface area contributed by atoms with Gasteiger partial charge in [0.25, 0.3) is 0 Å². The Balaban J connectivity index is 2.05. The molecule has 96 valence electrons. The highest BCUT2D eigenvalue weighted by Crippen LogP contribution is 2.14. The van der Waals surface area contributed by atoms with Gasteiger partial charge in [-0.1, -0.05) is 12.1 Å². The van der Waals surface area contributed by atoms with E-state index in [1.165, 1.54) is 0 Å². The minimum atomic E-state index is -0.336. The second-order valence-electron chi connectivity index (χ2n) is 4.05. The van der Waals surface area contributed by atoms with Crippen LogP contribution in [0.4, 0.5) is 5.69 Å². The molecule has 2 amide bonds. The van der Waals surface area contributed by atoms with Gasteiger partial charge in [0, 0.05) is 18.5 Å². The second-order valence-corrected chi connectivity index (χ2v) is 4.05. The Hall–Kier alpha value is -2.68. The number of benzene rings is 1. The molecule has 19 heavy (non-hydrogen) atoms. The number of nitriles is 1. The van der Waals surface area contributed by atoms with Gasteiger partial charge in [0.2, 0.25) is 11.8 Å². The van der Waals surface area contributed by atoms with Gasteiger partial charge in [0.15, 0.2) is 0 Å². The fourth-order valence-corrected chi connectivity index (χ4v) is 1.71. The Labute approximate surface area is 110 Å². The van der Waals surface area contributed by atoms with Crippen LogP contribution in [-0.2, 0) is 9.59 Å². The molecule has 0 aromatic heterocycles. The van der Waals surface area contributed by atoms with E-state index in [2.05, 4.69) is 15.8 Å². The largest absolute Gasteiger partial charge is 0.325 e. The van der Waals surface area contributed by atoms with Gasteiger partial charge in [-0.25, -0.2) is 5.43 Å². The number of carbonyl (C=O) groups is 2. The molecule has 0 fully saturated rings. The quantitative estimate of drug-likeness (QED) is 0.849. The summed E-state index contributed by atoms with van der Waals surface area (Å²) in [6.45, 7) is 0. The Kier molecular flexibility index (Phi) is 3.88. The predicted octanol–water partition coefficient (Wildman–Crippen LogP) is 1.15. The first-order valence-electron chi connectivity index (χ1n) is 5.81. The molecule has 0 bridgehead atoms. The van der Waals surface area contributed by atoms with E-state index in [4.69, 9.17) is 5.26 Å². The summed E-state index contributed by atoms with van der Waals surface area (Å²) in [5.74, 6) is -0.415. The molecule has 1 aliphatic rings. The van der Waals surface area contributed by atoms with E-state index in [0.29, 0.717) is 18.5 Å². The van der Waals surface area contributed by atoms with Crippen molar-refractivity contribution in [1.82, 2.24) is 5.43 Å². The zero-order valence-electron chi connectivity index (χ0n) is 10.1. The Morgan fingerprint density at radius 1 is 1.37 bits per heavy atom. The average molecular weight is 256 g/mol. The average Bonchev–Trinajstić information content (AvgIpc) is 2.41. The zero-order valence-corrected chi connectivity index (χ0v) is 10.1. The van der Waals surface area contributed by atoms with E-state index in [0.717, 1.165) is 11.3 Å². The van der Waals surface area contributed by atoms with Crippen molar-refractivity contribution >= 4 is 23.2 Å². The van der Waals surface area contributed by atoms with Gasteiger partial charge in [-0.05, 0) is 17.7 Å². The summed E-state index contributed by atoms with van der Waals surface area (Å²) in [5.41, 5.74) is 4.78. The first kappa shape index (κ1) is 12.8. The van der Waals surface area contributed by atoms with Gasteiger partial charge >= 0.3 is 0 Å². The third kappa shape index (κ3) is 3.39. The number of carbonyl (C=O) groups excluding carboxylic acids is 2. The van der Waals surface area contributed by atoms with Crippen molar-refractivity contribution < 1.29 is 9.59 Å². The lowest BCUT2D eigenvalue weighted by Crippen LogP contribution is -2.25. The molecular weight excluding hydrogens is 244 g/mol. The molecule has 1 aliphatic heterocycles. The number of rotatable bonds is 3. The van der Waals surface area contributed by atoms with Gasteiger partial charge in [0.1, 0.15) is 6.42 Å². The van der Waals surface area contributed by atoms with Gasteiger partial charge in [0.05, 0.1) is 11.8 Å². The highest BCUT2D eigenvalue weighted by molar-refractivity contribution is 6.04. The summed E-state index contributed by atoms with van der Waals surface area (Å²) in [7, 11) is 0. The Bertz CT molecular complexity index is 569. The van der Waals surface area contributed by atoms with Crippen LogP contribution in [0.5, 0.6) is 0 Å². The maximum absolute atomic E-state index is 11.2. The molecule has 0 saturated carbocycles. The maximum Gasteiger partial charge on any atom is 0.240 e. The second kappa shape index (κ2) is 5.78. The van der Waals surface area contributed by atoms with Crippen molar-refractivity contribution in [2.75, 3.05) is 5.32 Å². The number of nitrogens with one attached hydrogen (secondary N) is 2. The summed E-state index contributed by atoms with van der Waals surface area (Å²) in [6, 6.07) is 8.90. The number of hydrazone groups is 1. The smallest absolute Gasteiger partial charge is 0.240 e. The van der Waals surface area contributed by atoms with Gasteiger partial charge in [-0.2, -0.15) is 10.4 Å². The first-order chi connectivity index (χ1) is 9.19. The number of anilines is 1. The molecule has 1 heterocycles. The van der Waals surface area contributed by atoms with Crippen molar-refractivity contribution in [2.45, 2.75) is 19.3 Å². The van der Waals surface area contributed by atoms with E-state index >= 15 is 0 Å². The van der Waals surface area contributed by atoms with Crippen LogP contribution < -0.4 is 10.7 Å². The minimum absolute atomic E-state index is 0.0795. The molecule has 2 N–H and O–H groups in total. The van der Waals surface area contributed by atoms with E-state index < -0.39 is 0 Å². The van der Waals surface area contributed by atoms with Crippen LogP contribution in [0.1, 0.15) is 24.8 Å². The highest BCUT2D eigenvalue weighted by Gasteiger charge is 2.13. The summed E-state index contributed by atoms with van der Waals surface area (Å²) < 4.78 is 0. The van der Waals surface area contributed by atoms with Crippen LogP contribution in [0.2, 0.25) is 0 Å². The van der Waals surface area contributed by atoms with Crippen LogP contribution in [0, 0.1) is 11.3 Å². The van der Waals surface area contributed by atoms with Crippen molar-refractivity contribution in [3.05, 3.63) is 29.8 Å². The fourth-order valence-electron chi connectivity index (χ4n) is 1.71. The van der Waals surface area contributed by atoms with Crippen LogP contribution in [0.3, 0.4) is 0 Å². The SMILES string of the molecule is N#CCC(=O)Nc1ccc(C2=NNC(=O)CC2)cc1. The molecule has 0 atom stereocenters. The lowest BCUT2D eigenvalue weighted by molar-refractivity contribution is -0.121. The van der Waals surface area contributed by atoms with E-state index in [1.54, 1.807) is 18.2 Å². The minimum Gasteiger partial charge on any atom is -0.325 e. The summed E-state index contributed by atoms with van der Waals surface area (Å²) in [4.78, 5) is 22.2. The number of amides is 2. The van der Waals surface area contributed by atoms with Gasteiger partial charge < -0.3 is 5.32 Å². The van der Waals surface area contributed by atoms with Crippen LogP contribution in [0.25, 0.3) is 0 Å². The molecule has 6 nitrogen and oxygen atoms in total. The molecule has 1 aromatic carbocycles. The van der Waals surface area contributed by atoms with Crippen molar-refractivity contribution in [3.63, 3.8) is 0 Å². The molecule has 0 unspecified atom stereocenters. The summed E-state index contributed by atoms with van der Waals surface area (Å²) in [5, 5.41) is 15.0. The van der Waals surface area contributed by atoms with E-state index in [-0.39, 0.29) is 18.2 Å². The van der Waals surface area contributed by atoms with Crippen molar-refractivity contribution in [1.29, 1.82) is 5.26 Å². The van der Waals surface area contributed by atoms with Gasteiger partial charge in [-0.15, -0.1) is 0 Å². The normalized spacial score (nSPS) is 14.1. The van der Waals surface area contributed by atoms with Crippen LogP contribution in [-0.4, -0.2) is 17.5 Å². The molecule has 0 saturated heterocycles. The Morgan fingerprint density at radius 2 is 2.11 bits per heavy atom. The maximum atomic E-state index is 11.2. The Morgan fingerprint density at radius 3 is 2.68 bits per heavy atom. The lowest BCUT2D eigenvalue weighted by atomic mass is 10.0. The summed E-state index contributed by atoms with van der Waals surface area (Å²) in [6.07, 6.45) is 0.867. The lowest BCUT2D eigenvalue weighted by Gasteiger charge is -2.12. The van der Waals surface area contributed by atoms with Crippen molar-refractivity contribution in [2.24, 2.45) is 5.10 Å². The summed E-state index contributed by atoms with van der Waals surface area (Å²) >= 11 is 0. The third-order valence-corrected chi connectivity index (χ3v) is 2.65. The highest BCUT2D eigenvalue weighted by atomic mass is 16.2. The van der Waals surface area contributed by atoms with Crippen LogP contribution in [0.15, 0.2) is 29.4 Å². The molecule has 0 radical (unpaired) electrons. The zero-order chi connectivity index (χ0) is 13.7. The standard InChI is InChI=1S/C13H12N4O2/c14-8-7-12(18)15-10-3-1-9(2-4-10)11-5-6-13(19)17-16-11/h1-4H,5-7H2,(H,15,18)(H,17,19). The first-order valence-corrected chi connectivity index (χ1v) is 5.81. The fraction of sp³-hybridized carbons (Fsp3) is 0.231. The predicted molar refractivity (Wildman–Crippen MR) is 69.2 cm³/mol. The van der Waals surface area contributed by atoms with Gasteiger partial charge in [-0.3, -0.25) is 9.59 Å². The number of hydrogen-bond acceptors (Lipinski definition) is 4. The molecular formula is C13H12N4O2. The van der Waals surface area contributed by atoms with Crippen molar-refractivity contribution in [3.8, 4) is 6.07 Å². The van der Waals surface area contributed by atoms with Crippen LogP contribution >= 0.6 is 0 Å². The molecule has 2 rings (SSSR count). The molecule has 0 spiro atoms. The molecule has 6 heteroatoms.